The zero-order chi connectivity index (χ0) is 13.4. The first kappa shape index (κ1) is 15.3. The van der Waals surface area contributed by atoms with Crippen LogP contribution in [0.5, 0.6) is 0 Å². The molecule has 0 amide bonds. The van der Waals surface area contributed by atoms with E-state index in [0.717, 1.165) is 23.9 Å². The van der Waals surface area contributed by atoms with Crippen LogP contribution in [0, 0.1) is 0 Å². The number of aryl methyl sites for hydroxylation is 1. The third-order valence-corrected chi connectivity index (χ3v) is 4.24. The maximum absolute atomic E-state index is 11.8. The molecule has 3 rings (SSSR count). The molecule has 108 valence electrons. The Bertz CT molecular complexity index is 633. The fraction of sp³-hybridized carbons (Fsp3) is 0.438. The van der Waals surface area contributed by atoms with Crippen LogP contribution in [-0.4, -0.2) is 23.9 Å². The SMILES string of the molecule is Br.CCC(=O)c1ccc2[nH]c3c(c2c1)CC(NC)CC3. The van der Waals surface area contributed by atoms with Crippen molar-refractivity contribution in [1.82, 2.24) is 10.3 Å². The van der Waals surface area contributed by atoms with Crippen molar-refractivity contribution < 1.29 is 4.79 Å². The van der Waals surface area contributed by atoms with Gasteiger partial charge in [-0.05, 0) is 50.1 Å². The summed E-state index contributed by atoms with van der Waals surface area (Å²) < 4.78 is 0. The van der Waals surface area contributed by atoms with Crippen LogP contribution >= 0.6 is 17.0 Å². The Hall–Kier alpha value is -1.13. The molecule has 1 heterocycles. The smallest absolute Gasteiger partial charge is 0.162 e. The number of rotatable bonds is 3. The van der Waals surface area contributed by atoms with Crippen LogP contribution in [0.4, 0.5) is 0 Å². The number of carbonyl (C=O) groups is 1. The summed E-state index contributed by atoms with van der Waals surface area (Å²) in [7, 11) is 2.02. The van der Waals surface area contributed by atoms with E-state index in [-0.39, 0.29) is 22.8 Å². The second kappa shape index (κ2) is 6.10. The second-order valence-electron chi connectivity index (χ2n) is 5.35. The van der Waals surface area contributed by atoms with Gasteiger partial charge >= 0.3 is 0 Å². The van der Waals surface area contributed by atoms with Crippen LogP contribution in [0.1, 0.15) is 41.4 Å². The predicted molar refractivity (Wildman–Crippen MR) is 88.1 cm³/mol. The van der Waals surface area contributed by atoms with E-state index >= 15 is 0 Å². The van der Waals surface area contributed by atoms with E-state index in [1.807, 2.05) is 26.1 Å². The maximum atomic E-state index is 11.8. The highest BCUT2D eigenvalue weighted by atomic mass is 79.9. The number of nitrogens with one attached hydrogen (secondary N) is 2. The highest BCUT2D eigenvalue weighted by Crippen LogP contribution is 2.30. The van der Waals surface area contributed by atoms with E-state index in [0.29, 0.717) is 12.5 Å². The van der Waals surface area contributed by atoms with Gasteiger partial charge in [0, 0.05) is 34.6 Å². The molecule has 0 fully saturated rings. The highest BCUT2D eigenvalue weighted by Gasteiger charge is 2.21. The van der Waals surface area contributed by atoms with Crippen LogP contribution in [0.25, 0.3) is 10.9 Å². The van der Waals surface area contributed by atoms with Crippen LogP contribution in [0.3, 0.4) is 0 Å². The van der Waals surface area contributed by atoms with Crippen molar-refractivity contribution in [2.75, 3.05) is 7.05 Å². The summed E-state index contributed by atoms with van der Waals surface area (Å²) >= 11 is 0. The van der Waals surface area contributed by atoms with Crippen molar-refractivity contribution in [2.24, 2.45) is 0 Å². The van der Waals surface area contributed by atoms with Gasteiger partial charge in [0.05, 0.1) is 0 Å². The molecule has 0 aliphatic heterocycles. The molecule has 0 radical (unpaired) electrons. The van der Waals surface area contributed by atoms with Gasteiger partial charge in [0.15, 0.2) is 5.78 Å². The molecule has 0 saturated heterocycles. The fourth-order valence-corrected chi connectivity index (χ4v) is 3.04. The van der Waals surface area contributed by atoms with E-state index in [2.05, 4.69) is 16.4 Å². The topological polar surface area (TPSA) is 44.9 Å². The number of fused-ring (bicyclic) bond motifs is 3. The fourth-order valence-electron chi connectivity index (χ4n) is 3.04. The number of carbonyl (C=O) groups excluding carboxylic acids is 1. The third kappa shape index (κ3) is 2.54. The Morgan fingerprint density at radius 1 is 1.45 bits per heavy atom. The lowest BCUT2D eigenvalue weighted by atomic mass is 9.91. The molecule has 1 atom stereocenters. The molecule has 2 N–H and O–H groups in total. The van der Waals surface area contributed by atoms with E-state index in [1.54, 1.807) is 0 Å². The molecule has 2 aromatic rings. The van der Waals surface area contributed by atoms with E-state index in [9.17, 15) is 4.79 Å². The standard InChI is InChI=1S/C16H20N2O.BrH/c1-3-16(19)10-4-6-14-12(8-10)13-9-11(17-2)5-7-15(13)18-14;/h4,6,8,11,17-18H,3,5,7,9H2,1-2H3;1H. The van der Waals surface area contributed by atoms with Crippen molar-refractivity contribution in [3.05, 3.63) is 35.0 Å². The van der Waals surface area contributed by atoms with E-state index < -0.39 is 0 Å². The van der Waals surface area contributed by atoms with Gasteiger partial charge < -0.3 is 10.3 Å². The first-order chi connectivity index (χ1) is 9.22. The molecule has 1 aliphatic carbocycles. The molecule has 0 spiro atoms. The van der Waals surface area contributed by atoms with Gasteiger partial charge in [-0.15, -0.1) is 17.0 Å². The summed E-state index contributed by atoms with van der Waals surface area (Å²) in [6.07, 6.45) is 3.89. The predicted octanol–water partition coefficient (Wildman–Crippen LogP) is 3.42. The molecular weight excluding hydrogens is 316 g/mol. The van der Waals surface area contributed by atoms with Gasteiger partial charge in [-0.2, -0.15) is 0 Å². The van der Waals surface area contributed by atoms with Gasteiger partial charge in [0.25, 0.3) is 0 Å². The minimum Gasteiger partial charge on any atom is -0.358 e. The number of hydrogen-bond acceptors (Lipinski definition) is 2. The summed E-state index contributed by atoms with van der Waals surface area (Å²) in [5.74, 6) is 0.220. The number of halogens is 1. The summed E-state index contributed by atoms with van der Waals surface area (Å²) in [5.41, 5.74) is 4.74. The summed E-state index contributed by atoms with van der Waals surface area (Å²) in [6.45, 7) is 1.91. The van der Waals surface area contributed by atoms with Crippen LogP contribution < -0.4 is 5.32 Å². The molecular formula is C16H21BrN2O. The molecule has 0 bridgehead atoms. The van der Waals surface area contributed by atoms with Crippen molar-refractivity contribution >= 4 is 33.7 Å². The number of Topliss-reactive ketones (excluding diaryl/α,β-unsaturated/α-hetero) is 1. The normalized spacial score (nSPS) is 17.6. The number of hydrogen-bond donors (Lipinski definition) is 2. The molecule has 1 aromatic heterocycles. The number of ketones is 1. The number of aromatic nitrogens is 1. The number of H-pyrrole nitrogens is 1. The van der Waals surface area contributed by atoms with Crippen molar-refractivity contribution in [2.45, 2.75) is 38.6 Å². The largest absolute Gasteiger partial charge is 0.358 e. The third-order valence-electron chi connectivity index (χ3n) is 4.24. The van der Waals surface area contributed by atoms with Gasteiger partial charge in [-0.3, -0.25) is 4.79 Å². The minimum atomic E-state index is 0. The lowest BCUT2D eigenvalue weighted by molar-refractivity contribution is 0.0988. The first-order valence-corrected chi connectivity index (χ1v) is 7.07. The zero-order valence-electron chi connectivity index (χ0n) is 12.0. The zero-order valence-corrected chi connectivity index (χ0v) is 13.7. The van der Waals surface area contributed by atoms with Crippen LogP contribution in [-0.2, 0) is 12.8 Å². The van der Waals surface area contributed by atoms with Crippen molar-refractivity contribution in [3.8, 4) is 0 Å². The van der Waals surface area contributed by atoms with Crippen LogP contribution in [0.2, 0.25) is 0 Å². The van der Waals surface area contributed by atoms with Gasteiger partial charge in [-0.1, -0.05) is 6.92 Å². The molecule has 1 unspecified atom stereocenters. The molecule has 20 heavy (non-hydrogen) atoms. The number of aromatic amines is 1. The Kier molecular flexibility index (Phi) is 4.66. The summed E-state index contributed by atoms with van der Waals surface area (Å²) in [5, 5.41) is 4.60. The molecule has 1 aliphatic rings. The van der Waals surface area contributed by atoms with Crippen molar-refractivity contribution in [1.29, 1.82) is 0 Å². The van der Waals surface area contributed by atoms with Gasteiger partial charge in [0.2, 0.25) is 0 Å². The lowest BCUT2D eigenvalue weighted by Crippen LogP contribution is -2.31. The lowest BCUT2D eigenvalue weighted by Gasteiger charge is -2.21. The maximum Gasteiger partial charge on any atom is 0.162 e. The quantitative estimate of drug-likeness (QED) is 0.843. The summed E-state index contributed by atoms with van der Waals surface area (Å²) in [6, 6.07) is 6.60. The minimum absolute atomic E-state index is 0. The second-order valence-corrected chi connectivity index (χ2v) is 5.35. The Morgan fingerprint density at radius 3 is 2.95 bits per heavy atom. The average molecular weight is 337 g/mol. The average Bonchev–Trinajstić information content (AvgIpc) is 2.83. The highest BCUT2D eigenvalue weighted by molar-refractivity contribution is 8.93. The van der Waals surface area contributed by atoms with E-state index in [4.69, 9.17) is 0 Å². The number of likely N-dealkylation sites (N-methyl/N-ethyl adjacent to an activating group) is 1. The molecule has 4 heteroatoms. The molecule has 3 nitrogen and oxygen atoms in total. The Morgan fingerprint density at radius 2 is 2.25 bits per heavy atom. The van der Waals surface area contributed by atoms with E-state index in [1.165, 1.54) is 23.1 Å². The molecule has 0 saturated carbocycles. The number of benzene rings is 1. The Labute approximate surface area is 129 Å². The van der Waals surface area contributed by atoms with Crippen molar-refractivity contribution in [3.63, 3.8) is 0 Å². The van der Waals surface area contributed by atoms with Gasteiger partial charge in [0.1, 0.15) is 0 Å². The molecule has 1 aromatic carbocycles. The first-order valence-electron chi connectivity index (χ1n) is 7.07. The summed E-state index contributed by atoms with van der Waals surface area (Å²) in [4.78, 5) is 15.4. The Balaban J connectivity index is 0.00000147. The van der Waals surface area contributed by atoms with Gasteiger partial charge in [-0.25, -0.2) is 0 Å². The monoisotopic (exact) mass is 336 g/mol. The van der Waals surface area contributed by atoms with Crippen LogP contribution in [0.15, 0.2) is 18.2 Å².